The van der Waals surface area contributed by atoms with Crippen LogP contribution in [-0.4, -0.2) is 16.9 Å². The Bertz CT molecular complexity index is 676. The van der Waals surface area contributed by atoms with Crippen molar-refractivity contribution in [3.8, 4) is 0 Å². The van der Waals surface area contributed by atoms with Crippen molar-refractivity contribution in [2.45, 2.75) is 45.1 Å². The highest BCUT2D eigenvalue weighted by atomic mass is 32.1. The third-order valence-corrected chi connectivity index (χ3v) is 5.08. The normalized spacial score (nSPS) is 17.3. The van der Waals surface area contributed by atoms with Crippen molar-refractivity contribution in [3.05, 3.63) is 46.0 Å². The van der Waals surface area contributed by atoms with Gasteiger partial charge in [-0.2, -0.15) is 0 Å². The Labute approximate surface area is 134 Å². The van der Waals surface area contributed by atoms with E-state index in [0.717, 1.165) is 30.5 Å². The molecule has 1 aromatic carbocycles. The van der Waals surface area contributed by atoms with Crippen molar-refractivity contribution in [3.63, 3.8) is 0 Å². The first-order valence-corrected chi connectivity index (χ1v) is 8.49. The number of aryl methyl sites for hydroxylation is 1. The van der Waals surface area contributed by atoms with Crippen molar-refractivity contribution in [2.75, 3.05) is 5.73 Å². The fourth-order valence-electron chi connectivity index (χ4n) is 2.81. The van der Waals surface area contributed by atoms with Crippen LogP contribution < -0.4 is 11.1 Å². The third-order valence-electron chi connectivity index (χ3n) is 4.13. The molecular weight excluding hydrogens is 294 g/mol. The Morgan fingerprint density at radius 1 is 1.36 bits per heavy atom. The summed E-state index contributed by atoms with van der Waals surface area (Å²) in [5.41, 5.74) is 8.83. The number of nitrogens with one attached hydrogen (secondary N) is 1. The molecule has 2 aromatic rings. The van der Waals surface area contributed by atoms with E-state index in [2.05, 4.69) is 24.1 Å². The molecule has 1 atom stereocenters. The van der Waals surface area contributed by atoms with E-state index in [1.165, 1.54) is 21.8 Å². The summed E-state index contributed by atoms with van der Waals surface area (Å²) in [5, 5.41) is 3.76. The lowest BCUT2D eigenvalue weighted by molar-refractivity contribution is 0.0933. The summed E-state index contributed by atoms with van der Waals surface area (Å²) in [6.07, 6.45) is 2.65. The fraction of sp³-hybridized carbons (Fsp3) is 0.412. The lowest BCUT2D eigenvalue weighted by Gasteiger charge is -2.22. The zero-order valence-corrected chi connectivity index (χ0v) is 13.7. The molecule has 1 unspecified atom stereocenters. The number of amides is 1. The van der Waals surface area contributed by atoms with Gasteiger partial charge in [-0.1, -0.05) is 26.0 Å². The molecule has 0 radical (unpaired) electrons. The van der Waals surface area contributed by atoms with Crippen LogP contribution in [0.5, 0.6) is 0 Å². The number of rotatable bonds is 3. The molecule has 1 heterocycles. The van der Waals surface area contributed by atoms with Gasteiger partial charge >= 0.3 is 0 Å². The maximum absolute atomic E-state index is 12.4. The van der Waals surface area contributed by atoms with Gasteiger partial charge in [-0.3, -0.25) is 4.79 Å². The van der Waals surface area contributed by atoms with E-state index in [0.29, 0.717) is 11.0 Å². The molecule has 5 heteroatoms. The Balaban J connectivity index is 1.65. The van der Waals surface area contributed by atoms with Crippen LogP contribution in [0, 0.1) is 0 Å². The molecule has 22 heavy (non-hydrogen) atoms. The summed E-state index contributed by atoms with van der Waals surface area (Å²) >= 11 is 1.54. The molecule has 1 aliphatic rings. The summed E-state index contributed by atoms with van der Waals surface area (Å²) in [5.74, 6) is 0.479. The van der Waals surface area contributed by atoms with Crippen molar-refractivity contribution in [1.82, 2.24) is 10.3 Å². The van der Waals surface area contributed by atoms with E-state index in [9.17, 15) is 4.79 Å². The van der Waals surface area contributed by atoms with Crippen LogP contribution in [0.25, 0.3) is 0 Å². The van der Waals surface area contributed by atoms with Crippen molar-refractivity contribution >= 4 is 22.4 Å². The van der Waals surface area contributed by atoms with E-state index < -0.39 is 0 Å². The number of anilines is 1. The molecule has 0 aliphatic heterocycles. The van der Waals surface area contributed by atoms with Crippen molar-refractivity contribution < 1.29 is 4.79 Å². The molecule has 3 N–H and O–H groups in total. The number of benzene rings is 1. The minimum absolute atomic E-state index is 0.00115. The molecule has 0 bridgehead atoms. The van der Waals surface area contributed by atoms with Crippen LogP contribution in [0.1, 0.15) is 52.7 Å². The quantitative estimate of drug-likeness (QED) is 0.914. The second kappa shape index (κ2) is 6.08. The number of fused-ring (bicyclic) bond motifs is 1. The number of nitrogens with zero attached hydrogens (tertiary/aromatic N) is 1. The second-order valence-electron chi connectivity index (χ2n) is 6.11. The molecule has 0 saturated heterocycles. The molecule has 116 valence electrons. The third kappa shape index (κ3) is 3.14. The van der Waals surface area contributed by atoms with Crippen LogP contribution in [0.15, 0.2) is 24.3 Å². The van der Waals surface area contributed by atoms with Gasteiger partial charge in [0.05, 0.1) is 5.69 Å². The number of nitrogens with two attached hydrogens (primary N) is 1. The van der Waals surface area contributed by atoms with E-state index in [1.54, 1.807) is 0 Å². The Morgan fingerprint density at radius 3 is 2.77 bits per heavy atom. The smallest absolute Gasteiger partial charge is 0.251 e. The summed E-state index contributed by atoms with van der Waals surface area (Å²) in [7, 11) is 0. The molecule has 0 saturated carbocycles. The molecule has 1 amide bonds. The SMILES string of the molecule is CC(C)c1ccc(C(=O)NC2CCc3nc(N)sc3C2)cc1. The molecule has 0 fully saturated rings. The predicted molar refractivity (Wildman–Crippen MR) is 90.3 cm³/mol. The zero-order valence-electron chi connectivity index (χ0n) is 12.9. The lowest BCUT2D eigenvalue weighted by atomic mass is 9.97. The largest absolute Gasteiger partial charge is 0.375 e. The summed E-state index contributed by atoms with van der Waals surface area (Å²) in [6.45, 7) is 4.30. The monoisotopic (exact) mass is 315 g/mol. The first-order valence-electron chi connectivity index (χ1n) is 7.68. The van der Waals surface area contributed by atoms with Gasteiger partial charge < -0.3 is 11.1 Å². The molecule has 1 aromatic heterocycles. The van der Waals surface area contributed by atoms with Crippen LogP contribution in [0.4, 0.5) is 5.13 Å². The summed E-state index contributed by atoms with van der Waals surface area (Å²) in [6, 6.07) is 8.04. The lowest BCUT2D eigenvalue weighted by Crippen LogP contribution is -2.38. The first kappa shape index (κ1) is 15.0. The molecular formula is C17H21N3OS. The average molecular weight is 315 g/mol. The highest BCUT2D eigenvalue weighted by molar-refractivity contribution is 7.15. The Morgan fingerprint density at radius 2 is 2.09 bits per heavy atom. The summed E-state index contributed by atoms with van der Waals surface area (Å²) < 4.78 is 0. The Kier molecular flexibility index (Phi) is 4.16. The highest BCUT2D eigenvalue weighted by Crippen LogP contribution is 2.28. The van der Waals surface area contributed by atoms with Gasteiger partial charge in [0.15, 0.2) is 5.13 Å². The van der Waals surface area contributed by atoms with Crippen LogP contribution >= 0.6 is 11.3 Å². The number of aromatic nitrogens is 1. The Hall–Kier alpha value is -1.88. The van der Waals surface area contributed by atoms with Gasteiger partial charge in [0.1, 0.15) is 0 Å². The van der Waals surface area contributed by atoms with Crippen LogP contribution in [-0.2, 0) is 12.8 Å². The zero-order chi connectivity index (χ0) is 15.7. The number of hydrogen-bond donors (Lipinski definition) is 2. The maximum Gasteiger partial charge on any atom is 0.251 e. The van der Waals surface area contributed by atoms with Gasteiger partial charge in [-0.05, 0) is 36.5 Å². The van der Waals surface area contributed by atoms with Crippen LogP contribution in [0.2, 0.25) is 0 Å². The number of carbonyl (C=O) groups is 1. The number of thiazole rings is 1. The summed E-state index contributed by atoms with van der Waals surface area (Å²) in [4.78, 5) is 17.9. The number of hydrogen-bond acceptors (Lipinski definition) is 4. The number of nitrogen functional groups attached to an aromatic ring is 1. The van der Waals surface area contributed by atoms with Crippen molar-refractivity contribution in [1.29, 1.82) is 0 Å². The van der Waals surface area contributed by atoms with Gasteiger partial charge in [0, 0.05) is 22.9 Å². The second-order valence-corrected chi connectivity index (χ2v) is 7.23. The molecule has 4 nitrogen and oxygen atoms in total. The van der Waals surface area contributed by atoms with Gasteiger partial charge in [-0.15, -0.1) is 11.3 Å². The molecule has 1 aliphatic carbocycles. The fourth-order valence-corrected chi connectivity index (χ4v) is 3.76. The van der Waals surface area contributed by atoms with Gasteiger partial charge in [-0.25, -0.2) is 4.98 Å². The van der Waals surface area contributed by atoms with E-state index >= 15 is 0 Å². The minimum Gasteiger partial charge on any atom is -0.375 e. The highest BCUT2D eigenvalue weighted by Gasteiger charge is 2.23. The first-order chi connectivity index (χ1) is 10.5. The standard InChI is InChI=1S/C17H21N3OS/c1-10(2)11-3-5-12(6-4-11)16(21)19-13-7-8-14-15(9-13)22-17(18)20-14/h3-6,10,13H,7-9H2,1-2H3,(H2,18,20)(H,19,21). The van der Waals surface area contributed by atoms with Crippen LogP contribution in [0.3, 0.4) is 0 Å². The molecule has 3 rings (SSSR count). The van der Waals surface area contributed by atoms with Gasteiger partial charge in [0.25, 0.3) is 5.91 Å². The van der Waals surface area contributed by atoms with Gasteiger partial charge in [0.2, 0.25) is 0 Å². The topological polar surface area (TPSA) is 68.0 Å². The minimum atomic E-state index is 0.00115. The average Bonchev–Trinajstić information content (AvgIpc) is 2.86. The van der Waals surface area contributed by atoms with Crippen molar-refractivity contribution in [2.24, 2.45) is 0 Å². The maximum atomic E-state index is 12.4. The predicted octanol–water partition coefficient (Wildman–Crippen LogP) is 3.14. The van der Waals surface area contributed by atoms with E-state index in [1.807, 2.05) is 24.3 Å². The number of carbonyl (C=O) groups excluding carboxylic acids is 1. The van der Waals surface area contributed by atoms with E-state index in [4.69, 9.17) is 5.73 Å². The van der Waals surface area contributed by atoms with E-state index in [-0.39, 0.29) is 11.9 Å². The molecule has 0 spiro atoms.